The molecule has 0 saturated heterocycles. The molecule has 1 N–H and O–H groups in total. The predicted octanol–water partition coefficient (Wildman–Crippen LogP) is 4.46. The van der Waals surface area contributed by atoms with Crippen molar-refractivity contribution in [1.82, 2.24) is 0 Å². The molecule has 0 aromatic heterocycles. The number of hydrogen-bond donors (Lipinski definition) is 1. The average molecular weight is 423 g/mol. The number of rotatable bonds is 3. The van der Waals surface area contributed by atoms with E-state index in [1.165, 1.54) is 6.07 Å². The molecule has 0 aliphatic heterocycles. The van der Waals surface area contributed by atoms with Gasteiger partial charge in [0.1, 0.15) is 10.7 Å². The van der Waals surface area contributed by atoms with Crippen LogP contribution in [-0.4, -0.2) is 8.42 Å². The smallest absolute Gasteiger partial charge is 0.263 e. The zero-order valence-electron chi connectivity index (χ0n) is 10.3. The SMILES string of the molecule is Cc1cc(Br)cc(NS(=O)(=O)c2ccc(F)cc2Br)c1. The quantitative estimate of drug-likeness (QED) is 0.793. The number of anilines is 1. The lowest BCUT2D eigenvalue weighted by Gasteiger charge is -2.10. The topological polar surface area (TPSA) is 46.2 Å². The Morgan fingerprint density at radius 2 is 1.80 bits per heavy atom. The van der Waals surface area contributed by atoms with Crippen LogP contribution in [0.1, 0.15) is 5.56 Å². The van der Waals surface area contributed by atoms with Crippen LogP contribution in [0.25, 0.3) is 0 Å². The number of nitrogens with one attached hydrogen (secondary N) is 1. The van der Waals surface area contributed by atoms with Gasteiger partial charge < -0.3 is 0 Å². The Bertz CT molecular complexity index is 743. The monoisotopic (exact) mass is 421 g/mol. The van der Waals surface area contributed by atoms with Crippen molar-refractivity contribution in [2.24, 2.45) is 0 Å². The van der Waals surface area contributed by atoms with Crippen molar-refractivity contribution in [1.29, 1.82) is 0 Å². The second-order valence-corrected chi connectivity index (χ2v) is 7.62. The first-order chi connectivity index (χ1) is 9.28. The molecule has 0 radical (unpaired) electrons. The van der Waals surface area contributed by atoms with Gasteiger partial charge in [-0.05, 0) is 64.8 Å². The first-order valence-corrected chi connectivity index (χ1v) is 8.60. The molecule has 7 heteroatoms. The minimum atomic E-state index is -3.78. The Balaban J connectivity index is 2.40. The molecule has 0 aliphatic rings. The fraction of sp³-hybridized carbons (Fsp3) is 0.0769. The second kappa shape index (κ2) is 5.83. The van der Waals surface area contributed by atoms with Crippen LogP contribution in [0, 0.1) is 12.7 Å². The summed E-state index contributed by atoms with van der Waals surface area (Å²) in [7, 11) is -3.78. The summed E-state index contributed by atoms with van der Waals surface area (Å²) in [6.07, 6.45) is 0. The molecule has 0 unspecified atom stereocenters. The summed E-state index contributed by atoms with van der Waals surface area (Å²) in [4.78, 5) is -0.0171. The molecule has 106 valence electrons. The normalized spacial score (nSPS) is 11.4. The molecule has 0 aliphatic carbocycles. The molecule has 2 aromatic rings. The van der Waals surface area contributed by atoms with Gasteiger partial charge in [0.25, 0.3) is 10.0 Å². The number of benzene rings is 2. The van der Waals surface area contributed by atoms with Gasteiger partial charge in [-0.15, -0.1) is 0 Å². The Labute approximate surface area is 133 Å². The molecular weight excluding hydrogens is 413 g/mol. The third-order valence-corrected chi connectivity index (χ3v) is 5.29. The maximum absolute atomic E-state index is 13.0. The molecule has 0 atom stereocenters. The fourth-order valence-electron chi connectivity index (χ4n) is 1.70. The maximum Gasteiger partial charge on any atom is 0.263 e. The van der Waals surface area contributed by atoms with Gasteiger partial charge in [-0.1, -0.05) is 15.9 Å². The molecule has 2 aromatic carbocycles. The summed E-state index contributed by atoms with van der Waals surface area (Å²) in [5.74, 6) is -0.505. The third-order valence-electron chi connectivity index (χ3n) is 2.48. The summed E-state index contributed by atoms with van der Waals surface area (Å²) in [5.41, 5.74) is 1.35. The molecule has 20 heavy (non-hydrogen) atoms. The molecule has 0 amide bonds. The van der Waals surface area contributed by atoms with Crippen molar-refractivity contribution >= 4 is 47.6 Å². The molecule has 0 heterocycles. The van der Waals surface area contributed by atoms with E-state index >= 15 is 0 Å². The summed E-state index contributed by atoms with van der Waals surface area (Å²) < 4.78 is 41.0. The minimum absolute atomic E-state index is 0.0171. The Kier molecular flexibility index (Phi) is 4.51. The summed E-state index contributed by atoms with van der Waals surface area (Å²) in [5, 5.41) is 0. The van der Waals surface area contributed by atoms with Crippen LogP contribution in [-0.2, 0) is 10.0 Å². The highest BCUT2D eigenvalue weighted by Gasteiger charge is 2.18. The van der Waals surface area contributed by atoms with E-state index in [4.69, 9.17) is 0 Å². The van der Waals surface area contributed by atoms with Gasteiger partial charge in [0.05, 0.1) is 5.69 Å². The Morgan fingerprint density at radius 1 is 1.10 bits per heavy atom. The minimum Gasteiger partial charge on any atom is -0.280 e. The van der Waals surface area contributed by atoms with E-state index < -0.39 is 15.8 Å². The molecule has 0 fully saturated rings. The van der Waals surface area contributed by atoms with Crippen LogP contribution in [0.15, 0.2) is 50.2 Å². The van der Waals surface area contributed by atoms with Gasteiger partial charge in [0, 0.05) is 8.95 Å². The van der Waals surface area contributed by atoms with Gasteiger partial charge in [0.2, 0.25) is 0 Å². The highest BCUT2D eigenvalue weighted by Crippen LogP contribution is 2.26. The summed E-state index contributed by atoms with van der Waals surface area (Å²) in [6, 6.07) is 8.66. The van der Waals surface area contributed by atoms with Crippen LogP contribution >= 0.6 is 31.9 Å². The number of halogens is 3. The van der Waals surface area contributed by atoms with Gasteiger partial charge in [-0.2, -0.15) is 0 Å². The van der Waals surface area contributed by atoms with Crippen molar-refractivity contribution in [2.75, 3.05) is 4.72 Å². The lowest BCUT2D eigenvalue weighted by Crippen LogP contribution is -2.13. The number of aryl methyl sites for hydroxylation is 1. The molecule has 0 spiro atoms. The molecule has 0 saturated carbocycles. The van der Waals surface area contributed by atoms with Crippen LogP contribution < -0.4 is 4.72 Å². The Hall–Kier alpha value is -0.920. The van der Waals surface area contributed by atoms with Crippen molar-refractivity contribution in [3.8, 4) is 0 Å². The largest absolute Gasteiger partial charge is 0.280 e. The summed E-state index contributed by atoms with van der Waals surface area (Å²) in [6.45, 7) is 1.86. The fourth-order valence-corrected chi connectivity index (χ4v) is 4.40. The molecule has 0 bridgehead atoms. The van der Waals surface area contributed by atoms with Crippen LogP contribution in [0.2, 0.25) is 0 Å². The Morgan fingerprint density at radius 3 is 2.40 bits per heavy atom. The van der Waals surface area contributed by atoms with Gasteiger partial charge >= 0.3 is 0 Å². The second-order valence-electron chi connectivity index (χ2n) is 4.20. The highest BCUT2D eigenvalue weighted by molar-refractivity contribution is 9.10. The van der Waals surface area contributed by atoms with Crippen LogP contribution in [0.4, 0.5) is 10.1 Å². The van der Waals surface area contributed by atoms with Crippen LogP contribution in [0.5, 0.6) is 0 Å². The molecule has 2 rings (SSSR count). The van der Waals surface area contributed by atoms with Gasteiger partial charge in [0.15, 0.2) is 0 Å². The third kappa shape index (κ3) is 3.59. The average Bonchev–Trinajstić information content (AvgIpc) is 2.25. The van der Waals surface area contributed by atoms with Gasteiger partial charge in [-0.25, -0.2) is 12.8 Å². The zero-order chi connectivity index (χ0) is 14.9. The highest BCUT2D eigenvalue weighted by atomic mass is 79.9. The standard InChI is InChI=1S/C13H10Br2FNO2S/c1-8-4-9(14)6-11(5-8)17-20(18,19)13-3-2-10(16)7-12(13)15/h2-7,17H,1H3. The van der Waals surface area contributed by atoms with E-state index in [0.717, 1.165) is 22.2 Å². The molecular formula is C13H10Br2FNO2S. The van der Waals surface area contributed by atoms with E-state index in [2.05, 4.69) is 36.6 Å². The number of hydrogen-bond acceptors (Lipinski definition) is 2. The lowest BCUT2D eigenvalue weighted by molar-refractivity contribution is 0.599. The van der Waals surface area contributed by atoms with Crippen molar-refractivity contribution in [2.45, 2.75) is 11.8 Å². The van der Waals surface area contributed by atoms with Crippen molar-refractivity contribution in [3.63, 3.8) is 0 Å². The first-order valence-electron chi connectivity index (χ1n) is 5.53. The van der Waals surface area contributed by atoms with Crippen LogP contribution in [0.3, 0.4) is 0 Å². The predicted molar refractivity (Wildman–Crippen MR) is 83.8 cm³/mol. The van der Waals surface area contributed by atoms with E-state index in [1.807, 2.05) is 13.0 Å². The lowest BCUT2D eigenvalue weighted by atomic mass is 10.2. The summed E-state index contributed by atoms with van der Waals surface area (Å²) >= 11 is 6.36. The van der Waals surface area contributed by atoms with E-state index in [9.17, 15) is 12.8 Å². The molecule has 3 nitrogen and oxygen atoms in total. The van der Waals surface area contributed by atoms with E-state index in [1.54, 1.807) is 12.1 Å². The van der Waals surface area contributed by atoms with E-state index in [0.29, 0.717) is 5.69 Å². The van der Waals surface area contributed by atoms with E-state index in [-0.39, 0.29) is 9.37 Å². The van der Waals surface area contributed by atoms with Gasteiger partial charge in [-0.3, -0.25) is 4.72 Å². The van der Waals surface area contributed by atoms with Crippen molar-refractivity contribution < 1.29 is 12.8 Å². The maximum atomic E-state index is 13.0. The zero-order valence-corrected chi connectivity index (χ0v) is 14.3. The first kappa shape index (κ1) is 15.5. The number of sulfonamides is 1. The van der Waals surface area contributed by atoms with Crippen molar-refractivity contribution in [3.05, 3.63) is 56.7 Å².